The molecular weight excluding hydrogens is 154 g/mol. The van der Waals surface area contributed by atoms with Crippen LogP contribution in [0.3, 0.4) is 0 Å². The number of fused-ring (bicyclic) bond motifs is 1. The Morgan fingerprint density at radius 1 is 1.58 bits per heavy atom. The molecule has 0 aromatic carbocycles. The summed E-state index contributed by atoms with van der Waals surface area (Å²) < 4.78 is 0. The fraction of sp³-hybridized carbons (Fsp3) is 0. The summed E-state index contributed by atoms with van der Waals surface area (Å²) in [7, 11) is 0. The maximum atomic E-state index is 5.41. The molecule has 2 heterocycles. The summed E-state index contributed by atoms with van der Waals surface area (Å²) in [6, 6.07) is 0. The van der Waals surface area contributed by atoms with Crippen LogP contribution in [0, 0.1) is 12.3 Å². The molecular formula is C7H6N5+. The van der Waals surface area contributed by atoms with Crippen LogP contribution in [0.1, 0.15) is 5.69 Å². The number of nitrogens with one attached hydrogen (secondary N) is 2. The van der Waals surface area contributed by atoms with Crippen LogP contribution in [0.15, 0.2) is 6.33 Å². The molecule has 2 rings (SSSR count). The van der Waals surface area contributed by atoms with E-state index in [2.05, 4.69) is 25.9 Å². The van der Waals surface area contributed by atoms with E-state index >= 15 is 0 Å². The summed E-state index contributed by atoms with van der Waals surface area (Å²) in [6.45, 7) is 0. The van der Waals surface area contributed by atoms with Crippen molar-refractivity contribution in [1.82, 2.24) is 15.0 Å². The minimum Gasteiger partial charge on any atom is -0.354 e. The number of terminal acetylenes is 1. The molecule has 4 N–H and O–H groups in total. The zero-order valence-electron chi connectivity index (χ0n) is 6.13. The van der Waals surface area contributed by atoms with E-state index in [-0.39, 0.29) is 5.95 Å². The maximum absolute atomic E-state index is 5.41. The highest BCUT2D eigenvalue weighted by Gasteiger charge is 2.11. The zero-order chi connectivity index (χ0) is 8.55. The van der Waals surface area contributed by atoms with Crippen molar-refractivity contribution >= 4 is 17.1 Å². The molecule has 0 aliphatic carbocycles. The number of nitrogens with two attached hydrogens (primary N) is 1. The van der Waals surface area contributed by atoms with Gasteiger partial charge in [-0.05, 0) is 5.92 Å². The molecule has 0 fully saturated rings. The first-order valence-corrected chi connectivity index (χ1v) is 3.30. The summed E-state index contributed by atoms with van der Waals surface area (Å²) in [5.74, 6) is 2.59. The van der Waals surface area contributed by atoms with Crippen LogP contribution in [0.25, 0.3) is 11.2 Å². The molecule has 0 saturated heterocycles. The Balaban J connectivity index is 2.91. The smallest absolute Gasteiger partial charge is 0.306 e. The Hall–Kier alpha value is -2.09. The number of hydrogen-bond acceptors (Lipinski definition) is 3. The first-order valence-electron chi connectivity index (χ1n) is 3.30. The van der Waals surface area contributed by atoms with Crippen molar-refractivity contribution in [3.05, 3.63) is 12.0 Å². The molecule has 0 aliphatic rings. The van der Waals surface area contributed by atoms with Crippen LogP contribution in [0.4, 0.5) is 5.95 Å². The van der Waals surface area contributed by atoms with Gasteiger partial charge in [-0.25, -0.2) is 4.98 Å². The van der Waals surface area contributed by atoms with Gasteiger partial charge >= 0.3 is 5.65 Å². The summed E-state index contributed by atoms with van der Waals surface area (Å²) in [5, 5.41) is 0. The number of imidazole rings is 1. The number of aromatic amines is 2. The molecule has 0 unspecified atom stereocenters. The molecule has 58 valence electrons. The van der Waals surface area contributed by atoms with Crippen molar-refractivity contribution in [2.75, 3.05) is 5.73 Å². The van der Waals surface area contributed by atoms with E-state index in [0.29, 0.717) is 16.9 Å². The van der Waals surface area contributed by atoms with Gasteiger partial charge < -0.3 is 5.73 Å². The summed E-state index contributed by atoms with van der Waals surface area (Å²) in [4.78, 5) is 13.5. The highest BCUT2D eigenvalue weighted by Crippen LogP contribution is 2.07. The lowest BCUT2D eigenvalue weighted by atomic mass is 10.4. The van der Waals surface area contributed by atoms with E-state index in [9.17, 15) is 0 Å². The average molecular weight is 160 g/mol. The quantitative estimate of drug-likeness (QED) is 0.502. The molecule has 5 nitrogen and oxygen atoms in total. The van der Waals surface area contributed by atoms with Gasteiger partial charge in [0.25, 0.3) is 5.95 Å². The Bertz CT molecular complexity index is 464. The number of anilines is 1. The minimum absolute atomic E-state index is 0.173. The van der Waals surface area contributed by atoms with Crippen LogP contribution in [-0.4, -0.2) is 15.0 Å². The average Bonchev–Trinajstić information content (AvgIpc) is 2.50. The van der Waals surface area contributed by atoms with Gasteiger partial charge in [-0.15, -0.1) is 6.42 Å². The fourth-order valence-corrected chi connectivity index (χ4v) is 1.00. The van der Waals surface area contributed by atoms with Crippen molar-refractivity contribution < 1.29 is 4.98 Å². The number of nitrogen functional groups attached to an aromatic ring is 1. The Labute approximate surface area is 68.1 Å². The number of rotatable bonds is 0. The third kappa shape index (κ3) is 0.787. The maximum Gasteiger partial charge on any atom is 0.306 e. The highest BCUT2D eigenvalue weighted by atomic mass is 15.1. The second kappa shape index (κ2) is 2.20. The third-order valence-corrected chi connectivity index (χ3v) is 1.49. The van der Waals surface area contributed by atoms with Crippen molar-refractivity contribution in [2.45, 2.75) is 0 Å². The molecule has 0 saturated carbocycles. The van der Waals surface area contributed by atoms with Crippen LogP contribution < -0.4 is 10.7 Å². The lowest BCUT2D eigenvalue weighted by molar-refractivity contribution is -0.347. The normalized spacial score (nSPS) is 9.92. The minimum atomic E-state index is 0.173. The molecule has 0 atom stereocenters. The van der Waals surface area contributed by atoms with E-state index < -0.39 is 0 Å². The number of hydrogen-bond donors (Lipinski definition) is 2. The predicted octanol–water partition coefficient (Wildman–Crippen LogP) is -0.664. The monoisotopic (exact) mass is 160 g/mol. The number of H-pyrrole nitrogens is 2. The van der Waals surface area contributed by atoms with Crippen molar-refractivity contribution in [3.63, 3.8) is 0 Å². The fourth-order valence-electron chi connectivity index (χ4n) is 1.00. The lowest BCUT2D eigenvalue weighted by Gasteiger charge is -1.87. The zero-order valence-corrected chi connectivity index (χ0v) is 6.13. The first-order chi connectivity index (χ1) is 5.81. The molecule has 0 amide bonds. The molecule has 0 bridgehead atoms. The standard InChI is InChI=1S/C7H5N5/c1-2-4-5-6(10-3-9-5)12-7(8)11-4/h1,3H,(H3,8,9,10,11,12)/p+1. The highest BCUT2D eigenvalue weighted by molar-refractivity contribution is 5.73. The molecule has 5 heteroatoms. The first kappa shape index (κ1) is 6.61. The Morgan fingerprint density at radius 3 is 3.17 bits per heavy atom. The predicted molar refractivity (Wildman–Crippen MR) is 42.8 cm³/mol. The third-order valence-electron chi connectivity index (χ3n) is 1.49. The molecule has 2 aromatic rings. The van der Waals surface area contributed by atoms with Crippen LogP contribution in [-0.2, 0) is 0 Å². The van der Waals surface area contributed by atoms with Crippen LogP contribution in [0.5, 0.6) is 0 Å². The van der Waals surface area contributed by atoms with Crippen LogP contribution in [0.2, 0.25) is 0 Å². The Kier molecular flexibility index (Phi) is 1.21. The Morgan fingerprint density at radius 2 is 2.42 bits per heavy atom. The molecule has 0 aliphatic heterocycles. The topological polar surface area (TPSA) is 81.7 Å². The van der Waals surface area contributed by atoms with Crippen LogP contribution >= 0.6 is 0 Å². The summed E-state index contributed by atoms with van der Waals surface area (Å²) >= 11 is 0. The number of nitrogens with zero attached hydrogens (tertiary/aromatic N) is 2. The van der Waals surface area contributed by atoms with Gasteiger partial charge in [0.05, 0.1) is 0 Å². The van der Waals surface area contributed by atoms with E-state index in [4.69, 9.17) is 12.2 Å². The lowest BCUT2D eigenvalue weighted by Crippen LogP contribution is -2.03. The van der Waals surface area contributed by atoms with Crippen molar-refractivity contribution in [2.24, 2.45) is 0 Å². The van der Waals surface area contributed by atoms with Gasteiger partial charge in [0, 0.05) is 0 Å². The largest absolute Gasteiger partial charge is 0.354 e. The van der Waals surface area contributed by atoms with Gasteiger partial charge in [-0.2, -0.15) is 4.98 Å². The van der Waals surface area contributed by atoms with Crippen molar-refractivity contribution in [3.8, 4) is 12.3 Å². The van der Waals surface area contributed by atoms with Gasteiger partial charge in [0.2, 0.25) is 5.52 Å². The van der Waals surface area contributed by atoms with Gasteiger partial charge in [-0.3, -0.25) is 4.98 Å². The SMILES string of the molecule is C#Cc1nc(N)nc2[nH+]c[nH]c12. The summed E-state index contributed by atoms with van der Waals surface area (Å²) in [6.07, 6.45) is 6.84. The number of aromatic nitrogens is 4. The van der Waals surface area contributed by atoms with Crippen molar-refractivity contribution in [1.29, 1.82) is 0 Å². The molecule has 0 radical (unpaired) electrons. The molecule has 2 aromatic heterocycles. The molecule has 0 spiro atoms. The van der Waals surface area contributed by atoms with Gasteiger partial charge in [-0.1, -0.05) is 4.98 Å². The second-order valence-electron chi connectivity index (χ2n) is 2.23. The van der Waals surface area contributed by atoms with Gasteiger partial charge in [0.1, 0.15) is 0 Å². The molecule has 12 heavy (non-hydrogen) atoms. The van der Waals surface area contributed by atoms with E-state index in [1.54, 1.807) is 6.33 Å². The van der Waals surface area contributed by atoms with E-state index in [1.807, 2.05) is 0 Å². The van der Waals surface area contributed by atoms with E-state index in [1.165, 1.54) is 0 Å². The second-order valence-corrected chi connectivity index (χ2v) is 2.23. The van der Waals surface area contributed by atoms with E-state index in [0.717, 1.165) is 0 Å². The van der Waals surface area contributed by atoms with Gasteiger partial charge in [0.15, 0.2) is 12.0 Å². The summed E-state index contributed by atoms with van der Waals surface area (Å²) in [5.41, 5.74) is 7.20.